The molecule has 5 nitrogen and oxygen atoms in total. The minimum absolute atomic E-state index is 0.173. The van der Waals surface area contributed by atoms with Crippen molar-refractivity contribution >= 4 is 48.4 Å². The highest BCUT2D eigenvalue weighted by Crippen LogP contribution is 2.39. The Morgan fingerprint density at radius 1 is 1.21 bits per heavy atom. The Balaban J connectivity index is 2.30. The number of fused-ring (bicyclic) bond motifs is 1. The highest BCUT2D eigenvalue weighted by Gasteiger charge is 2.16. The lowest BCUT2D eigenvalue weighted by atomic mass is 10.0. The Morgan fingerprint density at radius 3 is 2.62 bits per heavy atom. The third kappa shape index (κ3) is 3.12. The second-order valence-electron chi connectivity index (χ2n) is 4.98. The van der Waals surface area contributed by atoms with Crippen molar-refractivity contribution in [1.29, 1.82) is 0 Å². The number of rotatable bonds is 3. The number of pyridine rings is 1. The highest BCUT2D eigenvalue weighted by atomic mass is 79.9. The van der Waals surface area contributed by atoms with Gasteiger partial charge in [-0.15, -0.1) is 0 Å². The van der Waals surface area contributed by atoms with E-state index in [9.17, 15) is 13.0 Å². The SMILES string of the molecule is COc1cc(Br)c(Cl)cc1-c1nccc2cc(S(=O)(=O)O)ccc12. The van der Waals surface area contributed by atoms with Gasteiger partial charge in [-0.2, -0.15) is 8.42 Å². The fourth-order valence-corrected chi connectivity index (χ4v) is 3.42. The molecule has 0 aliphatic carbocycles. The van der Waals surface area contributed by atoms with Gasteiger partial charge in [-0.1, -0.05) is 17.7 Å². The molecule has 1 heterocycles. The van der Waals surface area contributed by atoms with E-state index in [1.54, 1.807) is 37.6 Å². The molecule has 3 aromatic rings. The second-order valence-corrected chi connectivity index (χ2v) is 7.67. The molecule has 0 amide bonds. The maximum absolute atomic E-state index is 11.3. The summed E-state index contributed by atoms with van der Waals surface area (Å²) in [6.45, 7) is 0. The lowest BCUT2D eigenvalue weighted by Gasteiger charge is -2.12. The van der Waals surface area contributed by atoms with Gasteiger partial charge in [0.1, 0.15) is 5.75 Å². The number of methoxy groups -OCH3 is 1. The molecule has 24 heavy (non-hydrogen) atoms. The van der Waals surface area contributed by atoms with Crippen molar-refractivity contribution in [3.05, 3.63) is 52.1 Å². The molecule has 1 N–H and O–H groups in total. The van der Waals surface area contributed by atoms with Crippen molar-refractivity contribution in [1.82, 2.24) is 4.98 Å². The Labute approximate surface area is 152 Å². The van der Waals surface area contributed by atoms with Gasteiger partial charge >= 0.3 is 0 Å². The monoisotopic (exact) mass is 427 g/mol. The largest absolute Gasteiger partial charge is 0.496 e. The van der Waals surface area contributed by atoms with Crippen LogP contribution in [0.2, 0.25) is 5.02 Å². The number of aromatic nitrogens is 1. The van der Waals surface area contributed by atoms with Gasteiger partial charge < -0.3 is 4.74 Å². The summed E-state index contributed by atoms with van der Waals surface area (Å²) in [5, 5.41) is 1.83. The smallest absolute Gasteiger partial charge is 0.294 e. The first-order valence-corrected chi connectivity index (χ1v) is 9.32. The van der Waals surface area contributed by atoms with Crippen molar-refractivity contribution in [2.45, 2.75) is 4.90 Å². The summed E-state index contributed by atoms with van der Waals surface area (Å²) < 4.78 is 37.9. The average molecular weight is 429 g/mol. The Morgan fingerprint density at radius 2 is 1.96 bits per heavy atom. The lowest BCUT2D eigenvalue weighted by molar-refractivity contribution is 0.416. The zero-order chi connectivity index (χ0) is 17.5. The molecule has 0 aliphatic heterocycles. The van der Waals surface area contributed by atoms with E-state index in [2.05, 4.69) is 20.9 Å². The van der Waals surface area contributed by atoms with E-state index >= 15 is 0 Å². The fourth-order valence-electron chi connectivity index (χ4n) is 2.41. The molecule has 0 saturated carbocycles. The van der Waals surface area contributed by atoms with Gasteiger partial charge in [-0.3, -0.25) is 9.54 Å². The molecule has 0 radical (unpaired) electrons. The quantitative estimate of drug-likeness (QED) is 0.618. The van der Waals surface area contributed by atoms with Crippen LogP contribution in [-0.2, 0) is 10.1 Å². The molecule has 1 aromatic heterocycles. The number of hydrogen-bond acceptors (Lipinski definition) is 4. The second kappa shape index (κ2) is 6.33. The number of halogens is 2. The molecule has 0 fully saturated rings. The zero-order valence-electron chi connectivity index (χ0n) is 12.3. The van der Waals surface area contributed by atoms with Crippen LogP contribution < -0.4 is 4.74 Å². The maximum atomic E-state index is 11.3. The third-order valence-corrected chi connectivity index (χ3v) is 5.58. The minimum atomic E-state index is -4.27. The van der Waals surface area contributed by atoms with Crippen LogP contribution in [0, 0.1) is 0 Å². The van der Waals surface area contributed by atoms with E-state index < -0.39 is 10.1 Å². The van der Waals surface area contributed by atoms with Crippen molar-refractivity contribution in [3.8, 4) is 17.0 Å². The van der Waals surface area contributed by atoms with E-state index in [0.29, 0.717) is 37.3 Å². The molecule has 124 valence electrons. The Bertz CT molecular complexity index is 1050. The summed E-state index contributed by atoms with van der Waals surface area (Å²) in [6, 6.07) is 9.45. The van der Waals surface area contributed by atoms with Crippen LogP contribution in [0.5, 0.6) is 5.75 Å². The van der Waals surface area contributed by atoms with Crippen LogP contribution >= 0.6 is 27.5 Å². The van der Waals surface area contributed by atoms with E-state index in [1.165, 1.54) is 12.1 Å². The molecular formula is C16H11BrClNO4S. The fraction of sp³-hybridized carbons (Fsp3) is 0.0625. The standard InChI is InChI=1S/C16H11BrClNO4S/c1-23-15-8-13(17)14(18)7-12(15)16-11-3-2-10(24(20,21)22)6-9(11)4-5-19-16/h2-8H,1H3,(H,20,21,22). The summed E-state index contributed by atoms with van der Waals surface area (Å²) in [5.74, 6) is 0.574. The molecule has 2 aromatic carbocycles. The van der Waals surface area contributed by atoms with Gasteiger partial charge in [-0.25, -0.2) is 0 Å². The number of hydrogen-bond donors (Lipinski definition) is 1. The van der Waals surface area contributed by atoms with Gasteiger partial charge in [0.05, 0.1) is 22.7 Å². The van der Waals surface area contributed by atoms with Crippen molar-refractivity contribution in [2.75, 3.05) is 7.11 Å². The Hall–Kier alpha value is -1.67. The minimum Gasteiger partial charge on any atom is -0.496 e. The van der Waals surface area contributed by atoms with Crippen molar-refractivity contribution in [3.63, 3.8) is 0 Å². The zero-order valence-corrected chi connectivity index (χ0v) is 15.5. The van der Waals surface area contributed by atoms with Crippen LogP contribution in [0.3, 0.4) is 0 Å². The first-order chi connectivity index (χ1) is 11.3. The van der Waals surface area contributed by atoms with Gasteiger partial charge in [0, 0.05) is 21.6 Å². The molecule has 0 saturated heterocycles. The van der Waals surface area contributed by atoms with Crippen LogP contribution in [0.4, 0.5) is 0 Å². The van der Waals surface area contributed by atoms with E-state index in [4.69, 9.17) is 16.3 Å². The molecular weight excluding hydrogens is 418 g/mol. The first kappa shape index (κ1) is 17.2. The molecule has 0 bridgehead atoms. The molecule has 8 heteroatoms. The normalized spacial score (nSPS) is 11.7. The third-order valence-electron chi connectivity index (χ3n) is 3.53. The summed E-state index contributed by atoms with van der Waals surface area (Å²) in [5.41, 5.74) is 1.27. The van der Waals surface area contributed by atoms with Gasteiger partial charge in [-0.05, 0) is 51.6 Å². The van der Waals surface area contributed by atoms with E-state index in [1.807, 2.05) is 0 Å². The van der Waals surface area contributed by atoms with E-state index in [0.717, 1.165) is 0 Å². The molecule has 0 aliphatic rings. The van der Waals surface area contributed by atoms with Gasteiger partial charge in [0.25, 0.3) is 10.1 Å². The van der Waals surface area contributed by atoms with E-state index in [-0.39, 0.29) is 4.90 Å². The van der Waals surface area contributed by atoms with Crippen molar-refractivity contribution < 1.29 is 17.7 Å². The Kier molecular flexibility index (Phi) is 4.52. The number of nitrogens with zero attached hydrogens (tertiary/aromatic N) is 1. The van der Waals surface area contributed by atoms with Crippen LogP contribution in [0.25, 0.3) is 22.0 Å². The summed E-state index contributed by atoms with van der Waals surface area (Å²) in [4.78, 5) is 4.21. The van der Waals surface area contributed by atoms with Gasteiger partial charge in [0.15, 0.2) is 0 Å². The molecule has 0 atom stereocenters. The van der Waals surface area contributed by atoms with Crippen molar-refractivity contribution in [2.24, 2.45) is 0 Å². The first-order valence-electron chi connectivity index (χ1n) is 6.71. The lowest BCUT2D eigenvalue weighted by Crippen LogP contribution is -1.98. The predicted octanol–water partition coefficient (Wildman–Crippen LogP) is 4.57. The number of ether oxygens (including phenoxy) is 1. The van der Waals surface area contributed by atoms with Crippen LogP contribution in [0.15, 0.2) is 52.0 Å². The predicted molar refractivity (Wildman–Crippen MR) is 96.3 cm³/mol. The summed E-state index contributed by atoms with van der Waals surface area (Å²) >= 11 is 9.53. The highest BCUT2D eigenvalue weighted by molar-refractivity contribution is 9.10. The molecule has 0 spiro atoms. The summed E-state index contributed by atoms with van der Waals surface area (Å²) in [7, 11) is -2.73. The molecule has 0 unspecified atom stereocenters. The van der Waals surface area contributed by atoms with Crippen LogP contribution in [-0.4, -0.2) is 25.1 Å². The van der Waals surface area contributed by atoms with Gasteiger partial charge in [0.2, 0.25) is 0 Å². The summed E-state index contributed by atoms with van der Waals surface area (Å²) in [6.07, 6.45) is 1.56. The van der Waals surface area contributed by atoms with Crippen LogP contribution in [0.1, 0.15) is 0 Å². The average Bonchev–Trinajstić information content (AvgIpc) is 2.55. The topological polar surface area (TPSA) is 76.5 Å². The maximum Gasteiger partial charge on any atom is 0.294 e. The molecule has 3 rings (SSSR count). The number of benzene rings is 2.